The van der Waals surface area contributed by atoms with E-state index in [1.807, 2.05) is 20.8 Å². The molecule has 0 saturated carbocycles. The van der Waals surface area contributed by atoms with Crippen LogP contribution in [0.25, 0.3) is 0 Å². The molecule has 2 atom stereocenters. The largest absolute Gasteiger partial charge is 0.343 e. The number of hydrogen-bond donors (Lipinski definition) is 2. The summed E-state index contributed by atoms with van der Waals surface area (Å²) in [6, 6.07) is -1.03. The lowest BCUT2D eigenvalue weighted by Gasteiger charge is -2.24. The summed E-state index contributed by atoms with van der Waals surface area (Å²) in [5.41, 5.74) is 5.68. The normalized spacial score (nSPS) is 13.9. The van der Waals surface area contributed by atoms with Crippen LogP contribution in [0.2, 0.25) is 0 Å². The van der Waals surface area contributed by atoms with Crippen molar-refractivity contribution in [3.05, 3.63) is 0 Å². The van der Waals surface area contributed by atoms with Gasteiger partial charge >= 0.3 is 0 Å². The fraction of sp³-hybridized carbons (Fsp3) is 0.833. The van der Waals surface area contributed by atoms with E-state index in [1.165, 1.54) is 0 Å². The van der Waals surface area contributed by atoms with Crippen LogP contribution in [0.4, 0.5) is 0 Å². The van der Waals surface area contributed by atoms with Gasteiger partial charge in [0.2, 0.25) is 11.8 Å². The zero-order valence-corrected chi connectivity index (χ0v) is 11.3. The molecule has 0 spiro atoms. The Morgan fingerprint density at radius 3 is 2.18 bits per heavy atom. The van der Waals surface area contributed by atoms with Gasteiger partial charge in [-0.3, -0.25) is 9.59 Å². The summed E-state index contributed by atoms with van der Waals surface area (Å²) in [5, 5.41) is 2.66. The maximum atomic E-state index is 11.9. The smallest absolute Gasteiger partial charge is 0.244 e. The minimum atomic E-state index is -0.521. The number of likely N-dealkylation sites (N-methyl/N-ethyl adjacent to an activating group) is 1. The highest BCUT2D eigenvalue weighted by molar-refractivity contribution is 5.89. The van der Waals surface area contributed by atoms with Crippen molar-refractivity contribution in [2.45, 2.75) is 52.6 Å². The van der Waals surface area contributed by atoms with E-state index < -0.39 is 12.1 Å². The van der Waals surface area contributed by atoms with Gasteiger partial charge in [-0.25, -0.2) is 0 Å². The lowest BCUT2D eigenvalue weighted by molar-refractivity contribution is -0.136. The van der Waals surface area contributed by atoms with Crippen molar-refractivity contribution in [3.8, 4) is 0 Å². The Hall–Kier alpha value is -1.10. The van der Waals surface area contributed by atoms with Crippen molar-refractivity contribution >= 4 is 11.8 Å². The second-order valence-corrected chi connectivity index (χ2v) is 4.14. The number of nitrogens with zero attached hydrogens (tertiary/aromatic N) is 1. The van der Waals surface area contributed by atoms with Gasteiger partial charge in [0.25, 0.3) is 0 Å². The first-order valence-electron chi connectivity index (χ1n) is 6.32. The Labute approximate surface area is 104 Å². The Balaban J connectivity index is 4.28. The number of rotatable bonds is 7. The molecular weight excluding hydrogens is 218 g/mol. The lowest BCUT2D eigenvalue weighted by Crippen LogP contribution is -2.51. The summed E-state index contributed by atoms with van der Waals surface area (Å²) in [4.78, 5) is 25.2. The first-order valence-corrected chi connectivity index (χ1v) is 6.32. The van der Waals surface area contributed by atoms with Gasteiger partial charge in [-0.15, -0.1) is 0 Å². The van der Waals surface area contributed by atoms with Crippen LogP contribution in [0.5, 0.6) is 0 Å². The molecule has 100 valence electrons. The average molecular weight is 243 g/mol. The molecule has 1 unspecified atom stereocenters. The first kappa shape index (κ1) is 15.9. The second-order valence-electron chi connectivity index (χ2n) is 4.14. The first-order chi connectivity index (χ1) is 7.97. The molecule has 0 aromatic heterocycles. The number of carbonyl (C=O) groups is 2. The maximum absolute atomic E-state index is 11.9. The number of nitrogens with one attached hydrogen (secondary N) is 1. The molecule has 0 radical (unpaired) electrons. The van der Waals surface area contributed by atoms with Gasteiger partial charge in [0.05, 0.1) is 6.04 Å². The molecule has 17 heavy (non-hydrogen) atoms. The van der Waals surface area contributed by atoms with Gasteiger partial charge in [-0.2, -0.15) is 0 Å². The molecule has 0 saturated heterocycles. The highest BCUT2D eigenvalue weighted by atomic mass is 16.2. The van der Waals surface area contributed by atoms with E-state index in [0.29, 0.717) is 19.5 Å². The van der Waals surface area contributed by atoms with Gasteiger partial charge in [0, 0.05) is 13.1 Å². The molecule has 0 fully saturated rings. The predicted molar refractivity (Wildman–Crippen MR) is 68.4 cm³/mol. The van der Waals surface area contributed by atoms with Crippen molar-refractivity contribution in [1.82, 2.24) is 10.2 Å². The van der Waals surface area contributed by atoms with Gasteiger partial charge in [0.15, 0.2) is 0 Å². The summed E-state index contributed by atoms with van der Waals surface area (Å²) in [7, 11) is 0. The Morgan fingerprint density at radius 1 is 1.24 bits per heavy atom. The molecule has 0 aromatic rings. The molecular formula is C12H25N3O2. The molecule has 0 rings (SSSR count). The summed E-state index contributed by atoms with van der Waals surface area (Å²) in [6.07, 6.45) is 1.49. The third kappa shape index (κ3) is 5.17. The second kappa shape index (κ2) is 8.06. The van der Waals surface area contributed by atoms with Crippen LogP contribution < -0.4 is 11.1 Å². The van der Waals surface area contributed by atoms with Crippen LogP contribution in [0.15, 0.2) is 0 Å². The van der Waals surface area contributed by atoms with Crippen LogP contribution in [0.3, 0.4) is 0 Å². The summed E-state index contributed by atoms with van der Waals surface area (Å²) >= 11 is 0. The third-order valence-electron chi connectivity index (χ3n) is 2.74. The Kier molecular flexibility index (Phi) is 7.54. The molecule has 0 aromatic carbocycles. The summed E-state index contributed by atoms with van der Waals surface area (Å²) in [6.45, 7) is 8.79. The molecule has 2 amide bonds. The van der Waals surface area contributed by atoms with E-state index >= 15 is 0 Å². The molecule has 0 aliphatic rings. The van der Waals surface area contributed by atoms with Crippen molar-refractivity contribution in [3.63, 3.8) is 0 Å². The standard InChI is InChI=1S/C12H25N3O2/c1-5-8-10(13)11(16)14-9(4)12(17)15(6-2)7-3/h9-10H,5-8,13H2,1-4H3,(H,14,16)/t9?,10-/m0/s1. The zero-order chi connectivity index (χ0) is 13.4. The predicted octanol–water partition coefficient (Wildman–Crippen LogP) is 0.487. The number of hydrogen-bond acceptors (Lipinski definition) is 3. The topological polar surface area (TPSA) is 75.4 Å². The maximum Gasteiger partial charge on any atom is 0.244 e. The number of nitrogens with two attached hydrogens (primary N) is 1. The fourth-order valence-corrected chi connectivity index (χ4v) is 1.63. The number of carbonyl (C=O) groups excluding carboxylic acids is 2. The van der Waals surface area contributed by atoms with E-state index in [0.717, 1.165) is 6.42 Å². The van der Waals surface area contributed by atoms with Crippen LogP contribution in [-0.4, -0.2) is 41.9 Å². The average Bonchev–Trinajstić information content (AvgIpc) is 2.30. The third-order valence-corrected chi connectivity index (χ3v) is 2.74. The van der Waals surface area contributed by atoms with Crippen LogP contribution in [-0.2, 0) is 9.59 Å². The molecule has 0 aliphatic carbocycles. The van der Waals surface area contributed by atoms with Crippen molar-refractivity contribution in [2.75, 3.05) is 13.1 Å². The molecule has 0 bridgehead atoms. The van der Waals surface area contributed by atoms with E-state index in [4.69, 9.17) is 5.73 Å². The SMILES string of the molecule is CCC[C@H](N)C(=O)NC(C)C(=O)N(CC)CC. The van der Waals surface area contributed by atoms with E-state index in [1.54, 1.807) is 11.8 Å². The minimum Gasteiger partial charge on any atom is -0.343 e. The van der Waals surface area contributed by atoms with Crippen molar-refractivity contribution in [1.29, 1.82) is 0 Å². The van der Waals surface area contributed by atoms with Gasteiger partial charge in [-0.05, 0) is 27.2 Å². The quantitative estimate of drug-likeness (QED) is 0.683. The van der Waals surface area contributed by atoms with Crippen molar-refractivity contribution in [2.24, 2.45) is 5.73 Å². The van der Waals surface area contributed by atoms with Gasteiger partial charge in [-0.1, -0.05) is 13.3 Å². The molecule has 5 nitrogen and oxygen atoms in total. The molecule has 0 aliphatic heterocycles. The van der Waals surface area contributed by atoms with Crippen molar-refractivity contribution < 1.29 is 9.59 Å². The number of amides is 2. The van der Waals surface area contributed by atoms with Gasteiger partial charge in [0.1, 0.15) is 6.04 Å². The Bertz CT molecular complexity index is 252. The van der Waals surface area contributed by atoms with Crippen LogP contribution in [0, 0.1) is 0 Å². The Morgan fingerprint density at radius 2 is 1.76 bits per heavy atom. The molecule has 0 heterocycles. The molecule has 3 N–H and O–H groups in total. The highest BCUT2D eigenvalue weighted by Gasteiger charge is 2.22. The minimum absolute atomic E-state index is 0.0629. The fourth-order valence-electron chi connectivity index (χ4n) is 1.63. The van der Waals surface area contributed by atoms with E-state index in [-0.39, 0.29) is 11.8 Å². The van der Waals surface area contributed by atoms with Crippen LogP contribution in [0.1, 0.15) is 40.5 Å². The monoisotopic (exact) mass is 243 g/mol. The lowest BCUT2D eigenvalue weighted by atomic mass is 10.1. The summed E-state index contributed by atoms with van der Waals surface area (Å²) in [5.74, 6) is -0.313. The van der Waals surface area contributed by atoms with Crippen LogP contribution >= 0.6 is 0 Å². The molecule has 5 heteroatoms. The van der Waals surface area contributed by atoms with E-state index in [2.05, 4.69) is 5.32 Å². The highest BCUT2D eigenvalue weighted by Crippen LogP contribution is 1.98. The van der Waals surface area contributed by atoms with Gasteiger partial charge < -0.3 is 16.0 Å². The zero-order valence-electron chi connectivity index (χ0n) is 11.3. The summed E-state index contributed by atoms with van der Waals surface area (Å²) < 4.78 is 0. The van der Waals surface area contributed by atoms with E-state index in [9.17, 15) is 9.59 Å².